The topological polar surface area (TPSA) is 81.7 Å². The number of benzene rings is 1. The largest absolute Gasteiger partial charge is 0.492 e. The van der Waals surface area contributed by atoms with Crippen molar-refractivity contribution in [2.24, 2.45) is 5.92 Å². The third-order valence-corrected chi connectivity index (χ3v) is 4.50. The molecule has 0 atom stereocenters. The lowest BCUT2D eigenvalue weighted by atomic mass is 9.84. The molecular weight excluding hydrogens is 334 g/mol. The number of hydrogen-bond donors (Lipinski definition) is 1. The van der Waals surface area contributed by atoms with Crippen molar-refractivity contribution in [3.63, 3.8) is 0 Å². The molecule has 1 aromatic rings. The van der Waals surface area contributed by atoms with Gasteiger partial charge in [-0.2, -0.15) is 0 Å². The van der Waals surface area contributed by atoms with Gasteiger partial charge in [0.1, 0.15) is 0 Å². The first kappa shape index (κ1) is 19.6. The van der Waals surface area contributed by atoms with E-state index in [1.165, 1.54) is 20.3 Å². The highest BCUT2D eigenvalue weighted by Crippen LogP contribution is 2.30. The first-order chi connectivity index (χ1) is 12.5. The molecule has 0 bridgehead atoms. The van der Waals surface area contributed by atoms with Crippen LogP contribution in [0.15, 0.2) is 47.2 Å². The number of ether oxygens (including phenoxy) is 1. The zero-order valence-electron chi connectivity index (χ0n) is 15.4. The molecule has 0 fully saturated rings. The molecule has 1 aliphatic rings. The molecule has 2 rings (SSSR count). The fourth-order valence-corrected chi connectivity index (χ4v) is 3.11. The Bertz CT molecular complexity index is 787. The monoisotopic (exact) mass is 357 g/mol. The van der Waals surface area contributed by atoms with Crippen LogP contribution < -0.4 is 5.48 Å². The lowest BCUT2D eigenvalue weighted by molar-refractivity contribution is -0.127. The van der Waals surface area contributed by atoms with Crippen LogP contribution >= 0.6 is 0 Å². The van der Waals surface area contributed by atoms with Crippen molar-refractivity contribution in [1.82, 2.24) is 5.48 Å². The summed E-state index contributed by atoms with van der Waals surface area (Å²) in [6, 6.07) is 6.58. The zero-order valence-corrected chi connectivity index (χ0v) is 15.4. The number of allylic oxidation sites excluding steroid dienone is 3. The summed E-state index contributed by atoms with van der Waals surface area (Å²) in [5.41, 5.74) is 3.37. The van der Waals surface area contributed by atoms with Gasteiger partial charge in [0.2, 0.25) is 5.78 Å². The van der Waals surface area contributed by atoms with Crippen LogP contribution in [0.1, 0.15) is 47.4 Å². The first-order valence-electron chi connectivity index (χ1n) is 8.51. The molecule has 6 nitrogen and oxygen atoms in total. The molecule has 0 unspecified atom stereocenters. The SMILES string of the molecule is CCC(CC)C(=CC1=C(OC)C(=O)c2ccccc2C1=O)C(=O)NOC. The Balaban J connectivity index is 2.64. The molecule has 0 heterocycles. The number of Topliss-reactive ketones (excluding diaryl/α,β-unsaturated/α-hetero) is 2. The summed E-state index contributed by atoms with van der Waals surface area (Å²) in [7, 11) is 2.68. The standard InChI is InChI=1S/C20H23NO5/c1-5-12(6-2)15(20(24)21-26-4)11-16-17(22)13-9-7-8-10-14(13)18(23)19(16)25-3/h7-12H,5-6H2,1-4H3,(H,21,24). The van der Waals surface area contributed by atoms with E-state index in [2.05, 4.69) is 5.48 Å². The third-order valence-electron chi connectivity index (χ3n) is 4.50. The average Bonchev–Trinajstić information content (AvgIpc) is 2.66. The van der Waals surface area contributed by atoms with Gasteiger partial charge in [0.15, 0.2) is 11.5 Å². The fraction of sp³-hybridized carbons (Fsp3) is 0.350. The minimum Gasteiger partial charge on any atom is -0.492 e. The van der Waals surface area contributed by atoms with E-state index in [9.17, 15) is 14.4 Å². The van der Waals surface area contributed by atoms with Crippen LogP contribution in [0.25, 0.3) is 0 Å². The van der Waals surface area contributed by atoms with E-state index in [-0.39, 0.29) is 28.8 Å². The van der Waals surface area contributed by atoms with Gasteiger partial charge in [0.05, 0.1) is 19.8 Å². The number of nitrogens with one attached hydrogen (secondary N) is 1. The summed E-state index contributed by atoms with van der Waals surface area (Å²) in [5, 5.41) is 0. The second kappa shape index (κ2) is 8.58. The summed E-state index contributed by atoms with van der Waals surface area (Å²) in [6.07, 6.45) is 2.86. The van der Waals surface area contributed by atoms with Crippen molar-refractivity contribution >= 4 is 17.5 Å². The molecule has 0 aliphatic heterocycles. The second-order valence-electron chi connectivity index (χ2n) is 5.90. The van der Waals surface area contributed by atoms with Gasteiger partial charge in [-0.05, 0) is 24.8 Å². The van der Waals surface area contributed by atoms with Crippen molar-refractivity contribution in [3.05, 3.63) is 58.4 Å². The summed E-state index contributed by atoms with van der Waals surface area (Å²) in [4.78, 5) is 42.8. The van der Waals surface area contributed by atoms with Crippen molar-refractivity contribution in [2.75, 3.05) is 14.2 Å². The molecular formula is C20H23NO5. The number of hydrogen-bond acceptors (Lipinski definition) is 5. The molecule has 138 valence electrons. The Labute approximate surface area is 152 Å². The predicted molar refractivity (Wildman–Crippen MR) is 96.4 cm³/mol. The fourth-order valence-electron chi connectivity index (χ4n) is 3.11. The van der Waals surface area contributed by atoms with Gasteiger partial charge < -0.3 is 4.74 Å². The van der Waals surface area contributed by atoms with Gasteiger partial charge >= 0.3 is 0 Å². The normalized spacial score (nSPS) is 14.6. The van der Waals surface area contributed by atoms with Gasteiger partial charge in [0, 0.05) is 16.7 Å². The third kappa shape index (κ3) is 3.60. The van der Waals surface area contributed by atoms with E-state index in [0.29, 0.717) is 29.5 Å². The maximum absolute atomic E-state index is 12.9. The lowest BCUT2D eigenvalue weighted by Crippen LogP contribution is -2.28. The van der Waals surface area contributed by atoms with Crippen molar-refractivity contribution in [1.29, 1.82) is 0 Å². The van der Waals surface area contributed by atoms with E-state index in [0.717, 1.165) is 0 Å². The summed E-state index contributed by atoms with van der Waals surface area (Å²) >= 11 is 0. The number of methoxy groups -OCH3 is 1. The predicted octanol–water partition coefficient (Wildman–Crippen LogP) is 3.01. The van der Waals surface area contributed by atoms with Gasteiger partial charge in [0.25, 0.3) is 5.91 Å². The van der Waals surface area contributed by atoms with Crippen molar-refractivity contribution < 1.29 is 24.0 Å². The minimum atomic E-state index is -0.441. The van der Waals surface area contributed by atoms with Crippen LogP contribution in [-0.2, 0) is 14.4 Å². The summed E-state index contributed by atoms with van der Waals surface area (Å²) in [6.45, 7) is 3.91. The average molecular weight is 357 g/mol. The molecule has 0 aromatic heterocycles. The number of ketones is 2. The number of fused-ring (bicyclic) bond motifs is 1. The maximum Gasteiger partial charge on any atom is 0.271 e. The Morgan fingerprint density at radius 3 is 2.15 bits per heavy atom. The highest BCUT2D eigenvalue weighted by Gasteiger charge is 2.33. The smallest absolute Gasteiger partial charge is 0.271 e. The van der Waals surface area contributed by atoms with Crippen molar-refractivity contribution in [3.8, 4) is 0 Å². The molecule has 0 saturated carbocycles. The second-order valence-corrected chi connectivity index (χ2v) is 5.90. The van der Waals surface area contributed by atoms with Crippen LogP contribution in [0.3, 0.4) is 0 Å². The molecule has 1 amide bonds. The van der Waals surface area contributed by atoms with Crippen LogP contribution in [0.2, 0.25) is 0 Å². The molecule has 1 aliphatic carbocycles. The molecule has 1 aromatic carbocycles. The van der Waals surface area contributed by atoms with E-state index in [4.69, 9.17) is 9.57 Å². The molecule has 0 spiro atoms. The molecule has 26 heavy (non-hydrogen) atoms. The summed E-state index contributed by atoms with van der Waals surface area (Å²) in [5.74, 6) is -1.29. The Morgan fingerprint density at radius 1 is 1.08 bits per heavy atom. The minimum absolute atomic E-state index is 0.0534. The molecule has 0 saturated heterocycles. The number of carbonyl (C=O) groups is 3. The number of hydroxylamine groups is 1. The highest BCUT2D eigenvalue weighted by atomic mass is 16.6. The molecule has 0 radical (unpaired) electrons. The number of carbonyl (C=O) groups excluding carboxylic acids is 3. The Hall–Kier alpha value is -2.73. The summed E-state index contributed by atoms with van der Waals surface area (Å²) < 4.78 is 5.23. The Kier molecular flexibility index (Phi) is 6.46. The highest BCUT2D eigenvalue weighted by molar-refractivity contribution is 6.27. The van der Waals surface area contributed by atoms with E-state index in [1.807, 2.05) is 13.8 Å². The van der Waals surface area contributed by atoms with Crippen LogP contribution in [0.4, 0.5) is 0 Å². The quantitative estimate of drug-likeness (QED) is 0.599. The van der Waals surface area contributed by atoms with Crippen LogP contribution in [0.5, 0.6) is 0 Å². The lowest BCUT2D eigenvalue weighted by Gasteiger charge is -2.21. The molecule has 6 heteroatoms. The van der Waals surface area contributed by atoms with Crippen LogP contribution in [-0.4, -0.2) is 31.7 Å². The van der Waals surface area contributed by atoms with Gasteiger partial charge in [-0.15, -0.1) is 0 Å². The molecule has 1 N–H and O–H groups in total. The Morgan fingerprint density at radius 2 is 1.65 bits per heavy atom. The number of amides is 1. The number of rotatable bonds is 7. The van der Waals surface area contributed by atoms with Gasteiger partial charge in [-0.1, -0.05) is 38.1 Å². The van der Waals surface area contributed by atoms with E-state index in [1.54, 1.807) is 24.3 Å². The zero-order chi connectivity index (χ0) is 19.3. The van der Waals surface area contributed by atoms with E-state index < -0.39 is 5.91 Å². The van der Waals surface area contributed by atoms with Gasteiger partial charge in [-0.25, -0.2) is 5.48 Å². The van der Waals surface area contributed by atoms with Crippen LogP contribution in [0, 0.1) is 5.92 Å². The van der Waals surface area contributed by atoms with Gasteiger partial charge in [-0.3, -0.25) is 19.2 Å². The first-order valence-corrected chi connectivity index (χ1v) is 8.51. The van der Waals surface area contributed by atoms with E-state index >= 15 is 0 Å². The maximum atomic E-state index is 12.9. The van der Waals surface area contributed by atoms with Crippen molar-refractivity contribution in [2.45, 2.75) is 26.7 Å².